The normalized spacial score (nSPS) is 14.2. The zero-order chi connectivity index (χ0) is 20.5. The van der Waals surface area contributed by atoms with Crippen LogP contribution in [0.15, 0.2) is 72.3 Å². The average Bonchev–Trinajstić information content (AvgIpc) is 3.44. The SMILES string of the molecule is CSc1ncc(C(=O)N2CC=C(c3c[nH]c4ncccc34)CC2)n1-c1ccccc1. The minimum Gasteiger partial charge on any atom is -0.346 e. The van der Waals surface area contributed by atoms with Gasteiger partial charge in [0, 0.05) is 42.1 Å². The van der Waals surface area contributed by atoms with Crippen LogP contribution in [0.2, 0.25) is 0 Å². The molecule has 1 aliphatic heterocycles. The van der Waals surface area contributed by atoms with Crippen molar-refractivity contribution in [2.75, 3.05) is 19.3 Å². The molecular weight excluding hydrogens is 394 g/mol. The molecule has 0 saturated carbocycles. The first kappa shape index (κ1) is 18.7. The summed E-state index contributed by atoms with van der Waals surface area (Å²) < 4.78 is 1.94. The maximum atomic E-state index is 13.3. The number of nitrogens with one attached hydrogen (secondary N) is 1. The van der Waals surface area contributed by atoms with Gasteiger partial charge in [0.1, 0.15) is 11.3 Å². The number of fused-ring (bicyclic) bond motifs is 1. The van der Waals surface area contributed by atoms with Gasteiger partial charge in [-0.2, -0.15) is 0 Å². The molecule has 0 fully saturated rings. The van der Waals surface area contributed by atoms with Crippen LogP contribution in [0.4, 0.5) is 0 Å². The third-order valence-electron chi connectivity index (χ3n) is 5.44. The van der Waals surface area contributed by atoms with Crippen molar-refractivity contribution in [1.29, 1.82) is 0 Å². The summed E-state index contributed by atoms with van der Waals surface area (Å²) in [6.07, 6.45) is 10.4. The van der Waals surface area contributed by atoms with Gasteiger partial charge < -0.3 is 9.88 Å². The van der Waals surface area contributed by atoms with E-state index in [1.807, 2.05) is 58.3 Å². The van der Waals surface area contributed by atoms with Gasteiger partial charge >= 0.3 is 0 Å². The van der Waals surface area contributed by atoms with E-state index in [9.17, 15) is 4.79 Å². The monoisotopic (exact) mass is 415 g/mol. The average molecular weight is 416 g/mol. The molecule has 1 aromatic carbocycles. The molecule has 3 aromatic heterocycles. The van der Waals surface area contributed by atoms with Crippen LogP contribution in [0.1, 0.15) is 22.5 Å². The number of amides is 1. The second-order valence-corrected chi connectivity index (χ2v) is 7.91. The summed E-state index contributed by atoms with van der Waals surface area (Å²) in [5, 5.41) is 1.93. The van der Waals surface area contributed by atoms with Crippen molar-refractivity contribution in [3.8, 4) is 5.69 Å². The first-order valence-electron chi connectivity index (χ1n) is 9.84. The minimum absolute atomic E-state index is 0.00236. The lowest BCUT2D eigenvalue weighted by atomic mass is 9.99. The topological polar surface area (TPSA) is 66.8 Å². The number of hydrogen-bond acceptors (Lipinski definition) is 4. The van der Waals surface area contributed by atoms with Crippen molar-refractivity contribution in [3.63, 3.8) is 0 Å². The van der Waals surface area contributed by atoms with Gasteiger partial charge in [0.15, 0.2) is 5.16 Å². The lowest BCUT2D eigenvalue weighted by Gasteiger charge is -2.27. The Bertz CT molecular complexity index is 1240. The maximum Gasteiger partial charge on any atom is 0.272 e. The number of nitrogens with zero attached hydrogens (tertiary/aromatic N) is 4. The Balaban J connectivity index is 1.42. The van der Waals surface area contributed by atoms with Crippen LogP contribution in [-0.2, 0) is 0 Å². The highest BCUT2D eigenvalue weighted by Crippen LogP contribution is 2.29. The summed E-state index contributed by atoms with van der Waals surface area (Å²) in [7, 11) is 0. The smallest absolute Gasteiger partial charge is 0.272 e. The molecule has 150 valence electrons. The first-order valence-corrected chi connectivity index (χ1v) is 11.1. The van der Waals surface area contributed by atoms with Gasteiger partial charge in [-0.25, -0.2) is 9.97 Å². The maximum absolute atomic E-state index is 13.3. The summed E-state index contributed by atoms with van der Waals surface area (Å²) >= 11 is 1.53. The van der Waals surface area contributed by atoms with Gasteiger partial charge in [-0.3, -0.25) is 9.36 Å². The van der Waals surface area contributed by atoms with Crippen molar-refractivity contribution in [1.82, 2.24) is 24.4 Å². The third kappa shape index (κ3) is 3.21. The fraction of sp³-hybridized carbons (Fsp3) is 0.174. The number of hydrogen-bond donors (Lipinski definition) is 1. The third-order valence-corrected chi connectivity index (χ3v) is 6.09. The predicted molar refractivity (Wildman–Crippen MR) is 120 cm³/mol. The highest BCUT2D eigenvalue weighted by Gasteiger charge is 2.25. The summed E-state index contributed by atoms with van der Waals surface area (Å²) in [4.78, 5) is 27.3. The van der Waals surface area contributed by atoms with Crippen molar-refractivity contribution < 1.29 is 4.79 Å². The van der Waals surface area contributed by atoms with Gasteiger partial charge in [0.2, 0.25) is 0 Å². The number of aromatic amines is 1. The molecule has 0 saturated heterocycles. The van der Waals surface area contributed by atoms with Crippen molar-refractivity contribution in [2.24, 2.45) is 0 Å². The van der Waals surface area contributed by atoms with E-state index in [1.54, 1.807) is 12.4 Å². The van der Waals surface area contributed by atoms with Crippen LogP contribution in [0.3, 0.4) is 0 Å². The molecule has 5 rings (SSSR count). The fourth-order valence-electron chi connectivity index (χ4n) is 3.94. The Morgan fingerprint density at radius 2 is 2.00 bits per heavy atom. The molecule has 4 aromatic rings. The molecule has 0 radical (unpaired) electrons. The number of carbonyl (C=O) groups is 1. The van der Waals surface area contributed by atoms with Gasteiger partial charge in [0.25, 0.3) is 5.91 Å². The molecule has 1 aliphatic rings. The zero-order valence-corrected chi connectivity index (χ0v) is 17.4. The lowest BCUT2D eigenvalue weighted by molar-refractivity contribution is 0.0764. The van der Waals surface area contributed by atoms with E-state index in [-0.39, 0.29) is 5.91 Å². The Hall–Kier alpha value is -3.32. The Morgan fingerprint density at radius 3 is 2.77 bits per heavy atom. The van der Waals surface area contributed by atoms with E-state index in [2.05, 4.69) is 27.1 Å². The van der Waals surface area contributed by atoms with Crippen molar-refractivity contribution in [3.05, 3.63) is 78.4 Å². The van der Waals surface area contributed by atoms with E-state index in [0.717, 1.165) is 28.3 Å². The highest BCUT2D eigenvalue weighted by molar-refractivity contribution is 7.98. The van der Waals surface area contributed by atoms with Crippen LogP contribution in [0.5, 0.6) is 0 Å². The molecular formula is C23H21N5OS. The summed E-state index contributed by atoms with van der Waals surface area (Å²) in [5.41, 5.74) is 4.85. The number of pyridine rings is 1. The van der Waals surface area contributed by atoms with Gasteiger partial charge in [-0.1, -0.05) is 36.0 Å². The second kappa shape index (κ2) is 7.84. The number of carbonyl (C=O) groups excluding carboxylic acids is 1. The summed E-state index contributed by atoms with van der Waals surface area (Å²) in [6.45, 7) is 1.25. The van der Waals surface area contributed by atoms with E-state index in [1.165, 1.54) is 22.9 Å². The van der Waals surface area contributed by atoms with E-state index >= 15 is 0 Å². The van der Waals surface area contributed by atoms with Gasteiger partial charge in [-0.05, 0) is 42.5 Å². The molecule has 0 unspecified atom stereocenters. The van der Waals surface area contributed by atoms with Gasteiger partial charge in [-0.15, -0.1) is 0 Å². The van der Waals surface area contributed by atoms with Crippen LogP contribution in [0, 0.1) is 0 Å². The number of imidazole rings is 1. The van der Waals surface area contributed by atoms with Crippen LogP contribution < -0.4 is 0 Å². The number of para-hydroxylation sites is 1. The number of benzene rings is 1. The Morgan fingerprint density at radius 1 is 1.13 bits per heavy atom. The standard InChI is InChI=1S/C23H21N5OS/c1-30-23-26-15-20(28(23)17-6-3-2-4-7-17)22(29)27-12-9-16(10-13-27)19-14-25-21-18(19)8-5-11-24-21/h2-9,11,14-15H,10,12-13H2,1H3,(H,24,25). The van der Waals surface area contributed by atoms with Crippen molar-refractivity contribution >= 4 is 34.3 Å². The predicted octanol–water partition coefficient (Wildman–Crippen LogP) is 4.40. The molecule has 0 bridgehead atoms. The molecule has 6 nitrogen and oxygen atoms in total. The zero-order valence-electron chi connectivity index (χ0n) is 16.6. The molecule has 4 heterocycles. The molecule has 30 heavy (non-hydrogen) atoms. The number of aromatic nitrogens is 4. The van der Waals surface area contributed by atoms with Gasteiger partial charge in [0.05, 0.1) is 6.20 Å². The minimum atomic E-state index is 0.00236. The molecule has 1 amide bonds. The molecule has 7 heteroatoms. The number of thioether (sulfide) groups is 1. The molecule has 1 N–H and O–H groups in total. The molecule has 0 atom stereocenters. The number of rotatable bonds is 4. The van der Waals surface area contributed by atoms with Crippen LogP contribution in [-0.4, -0.2) is 49.7 Å². The Labute approximate surface area is 178 Å². The molecule has 0 spiro atoms. The van der Waals surface area contributed by atoms with Crippen LogP contribution >= 0.6 is 11.8 Å². The second-order valence-electron chi connectivity index (χ2n) is 7.13. The van der Waals surface area contributed by atoms with E-state index in [4.69, 9.17) is 0 Å². The fourth-order valence-corrected chi connectivity index (χ4v) is 4.48. The largest absolute Gasteiger partial charge is 0.346 e. The summed E-state index contributed by atoms with van der Waals surface area (Å²) in [5.74, 6) is 0.00236. The Kier molecular flexibility index (Phi) is 4.88. The van der Waals surface area contributed by atoms with E-state index < -0.39 is 0 Å². The van der Waals surface area contributed by atoms with Crippen LogP contribution in [0.25, 0.3) is 22.3 Å². The quantitative estimate of drug-likeness (QED) is 0.502. The van der Waals surface area contributed by atoms with Crippen molar-refractivity contribution in [2.45, 2.75) is 11.6 Å². The first-order chi connectivity index (χ1) is 14.8. The molecule has 0 aliphatic carbocycles. The number of H-pyrrole nitrogens is 1. The lowest BCUT2D eigenvalue weighted by Crippen LogP contribution is -2.35. The van der Waals surface area contributed by atoms with E-state index in [0.29, 0.717) is 18.8 Å². The highest BCUT2D eigenvalue weighted by atomic mass is 32.2. The summed E-state index contributed by atoms with van der Waals surface area (Å²) in [6, 6.07) is 13.9.